The smallest absolute Gasteiger partial charge is 0.274 e. The van der Waals surface area contributed by atoms with E-state index in [1.807, 2.05) is 35.0 Å². The monoisotopic (exact) mass is 293 g/mol. The van der Waals surface area contributed by atoms with Gasteiger partial charge in [0.1, 0.15) is 5.82 Å². The third-order valence-electron chi connectivity index (χ3n) is 3.24. The molecule has 1 aromatic heterocycles. The Labute approximate surface area is 127 Å². The first kappa shape index (κ1) is 17.4. The molecule has 6 heteroatoms. The van der Waals surface area contributed by atoms with Crippen LogP contribution in [0.25, 0.3) is 0 Å². The molecule has 0 aliphatic carbocycles. The standard InChI is InChI=1S/C15H27N5O/c1-11(2)14-17-10-12(16-3)13(18-14)15(21)20(6)9-7-8-19(4)5/h10-11,16H,7-9H2,1-6H3. The van der Waals surface area contributed by atoms with Crippen molar-refractivity contribution in [3.8, 4) is 0 Å². The SMILES string of the molecule is CNc1cnc(C(C)C)nc1C(=O)N(C)CCCN(C)C. The summed E-state index contributed by atoms with van der Waals surface area (Å²) in [5.74, 6) is 0.822. The van der Waals surface area contributed by atoms with E-state index < -0.39 is 0 Å². The topological polar surface area (TPSA) is 61.4 Å². The van der Waals surface area contributed by atoms with Crippen molar-refractivity contribution < 1.29 is 4.79 Å². The van der Waals surface area contributed by atoms with Gasteiger partial charge in [-0.25, -0.2) is 9.97 Å². The van der Waals surface area contributed by atoms with Crippen LogP contribution < -0.4 is 5.32 Å². The van der Waals surface area contributed by atoms with E-state index in [1.165, 1.54) is 0 Å². The van der Waals surface area contributed by atoms with Crippen LogP contribution in [0.1, 0.15) is 42.5 Å². The van der Waals surface area contributed by atoms with E-state index in [0.29, 0.717) is 23.8 Å². The number of hydrogen-bond acceptors (Lipinski definition) is 5. The lowest BCUT2D eigenvalue weighted by Crippen LogP contribution is -2.31. The predicted octanol–water partition coefficient (Wildman–Crippen LogP) is 1.67. The highest BCUT2D eigenvalue weighted by molar-refractivity contribution is 5.97. The molecule has 1 heterocycles. The largest absolute Gasteiger partial charge is 0.385 e. The summed E-state index contributed by atoms with van der Waals surface area (Å²) in [5, 5.41) is 2.99. The summed E-state index contributed by atoms with van der Waals surface area (Å²) < 4.78 is 0. The van der Waals surface area contributed by atoms with Crippen LogP contribution in [0.5, 0.6) is 0 Å². The Hall–Kier alpha value is -1.69. The molecule has 0 saturated carbocycles. The first-order valence-electron chi connectivity index (χ1n) is 7.31. The van der Waals surface area contributed by atoms with E-state index in [4.69, 9.17) is 0 Å². The summed E-state index contributed by atoms with van der Waals surface area (Å²) in [7, 11) is 7.64. The van der Waals surface area contributed by atoms with Gasteiger partial charge in [0.2, 0.25) is 0 Å². The second-order valence-electron chi connectivity index (χ2n) is 5.78. The number of anilines is 1. The van der Waals surface area contributed by atoms with E-state index in [1.54, 1.807) is 18.1 Å². The lowest BCUT2D eigenvalue weighted by Gasteiger charge is -2.20. The zero-order valence-corrected chi connectivity index (χ0v) is 14.0. The van der Waals surface area contributed by atoms with Crippen LogP contribution in [-0.4, -0.2) is 67.0 Å². The van der Waals surface area contributed by atoms with Gasteiger partial charge in [-0.05, 0) is 27.1 Å². The number of nitrogens with zero attached hydrogens (tertiary/aromatic N) is 4. The van der Waals surface area contributed by atoms with E-state index >= 15 is 0 Å². The first-order valence-corrected chi connectivity index (χ1v) is 7.31. The molecule has 0 aliphatic heterocycles. The molecular weight excluding hydrogens is 266 g/mol. The zero-order valence-electron chi connectivity index (χ0n) is 14.0. The highest BCUT2D eigenvalue weighted by Gasteiger charge is 2.19. The molecule has 0 fully saturated rings. The maximum absolute atomic E-state index is 12.6. The summed E-state index contributed by atoms with van der Waals surface area (Å²) >= 11 is 0. The van der Waals surface area contributed by atoms with Crippen LogP contribution >= 0.6 is 0 Å². The van der Waals surface area contributed by atoms with Crippen molar-refractivity contribution in [1.82, 2.24) is 19.8 Å². The number of hydrogen-bond donors (Lipinski definition) is 1. The number of aromatic nitrogens is 2. The van der Waals surface area contributed by atoms with Gasteiger partial charge in [0.25, 0.3) is 5.91 Å². The Bertz CT molecular complexity index is 473. The van der Waals surface area contributed by atoms with Gasteiger partial charge >= 0.3 is 0 Å². The number of carbonyl (C=O) groups excluding carboxylic acids is 1. The molecular formula is C15H27N5O. The average molecular weight is 293 g/mol. The number of nitrogens with one attached hydrogen (secondary N) is 1. The number of carbonyl (C=O) groups is 1. The van der Waals surface area contributed by atoms with Crippen LogP contribution in [-0.2, 0) is 0 Å². The highest BCUT2D eigenvalue weighted by atomic mass is 16.2. The van der Waals surface area contributed by atoms with Crippen molar-refractivity contribution in [3.63, 3.8) is 0 Å². The highest BCUT2D eigenvalue weighted by Crippen LogP contribution is 2.17. The molecule has 1 N–H and O–H groups in total. The molecule has 1 rings (SSSR count). The third-order valence-corrected chi connectivity index (χ3v) is 3.24. The number of amides is 1. The quantitative estimate of drug-likeness (QED) is 0.828. The lowest BCUT2D eigenvalue weighted by molar-refractivity contribution is 0.0785. The Morgan fingerprint density at radius 2 is 1.95 bits per heavy atom. The van der Waals surface area contributed by atoms with Crippen LogP contribution in [0.15, 0.2) is 6.20 Å². The minimum Gasteiger partial charge on any atom is -0.385 e. The molecule has 0 saturated heterocycles. The molecule has 21 heavy (non-hydrogen) atoms. The summed E-state index contributed by atoms with van der Waals surface area (Å²) in [6.07, 6.45) is 2.62. The molecule has 0 unspecified atom stereocenters. The zero-order chi connectivity index (χ0) is 16.0. The van der Waals surface area contributed by atoms with Gasteiger partial charge in [0.15, 0.2) is 5.69 Å². The molecule has 1 amide bonds. The van der Waals surface area contributed by atoms with Gasteiger partial charge in [-0.2, -0.15) is 0 Å². The molecule has 0 atom stereocenters. The molecule has 0 radical (unpaired) electrons. The van der Waals surface area contributed by atoms with Crippen molar-refractivity contribution in [2.24, 2.45) is 0 Å². The minimum absolute atomic E-state index is 0.0672. The Kier molecular flexibility index (Phi) is 6.55. The maximum Gasteiger partial charge on any atom is 0.274 e. The Balaban J connectivity index is 2.86. The van der Waals surface area contributed by atoms with Gasteiger partial charge in [-0.3, -0.25) is 4.79 Å². The van der Waals surface area contributed by atoms with E-state index in [9.17, 15) is 4.79 Å². The molecule has 118 valence electrons. The molecule has 0 aromatic carbocycles. The van der Waals surface area contributed by atoms with Crippen LogP contribution in [0, 0.1) is 0 Å². The normalized spacial score (nSPS) is 11.0. The van der Waals surface area contributed by atoms with Gasteiger partial charge in [-0.1, -0.05) is 13.8 Å². The second kappa shape index (κ2) is 7.93. The average Bonchev–Trinajstić information content (AvgIpc) is 2.45. The first-order chi connectivity index (χ1) is 9.86. The van der Waals surface area contributed by atoms with E-state index in [0.717, 1.165) is 13.0 Å². The van der Waals surface area contributed by atoms with Crippen molar-refractivity contribution >= 4 is 11.6 Å². The summed E-state index contributed by atoms with van der Waals surface area (Å²) in [5.41, 5.74) is 1.12. The summed E-state index contributed by atoms with van der Waals surface area (Å²) in [6.45, 7) is 5.70. The van der Waals surface area contributed by atoms with Crippen molar-refractivity contribution in [3.05, 3.63) is 17.7 Å². The van der Waals surface area contributed by atoms with E-state index in [-0.39, 0.29) is 11.8 Å². The Morgan fingerprint density at radius 1 is 1.29 bits per heavy atom. The van der Waals surface area contributed by atoms with Crippen LogP contribution in [0.4, 0.5) is 5.69 Å². The lowest BCUT2D eigenvalue weighted by atomic mass is 10.2. The fourth-order valence-corrected chi connectivity index (χ4v) is 1.93. The summed E-state index contributed by atoms with van der Waals surface area (Å²) in [6, 6.07) is 0. The number of rotatable bonds is 7. The maximum atomic E-state index is 12.6. The molecule has 1 aromatic rings. The van der Waals surface area contributed by atoms with Crippen molar-refractivity contribution in [2.45, 2.75) is 26.2 Å². The van der Waals surface area contributed by atoms with Crippen molar-refractivity contribution in [2.75, 3.05) is 46.6 Å². The van der Waals surface area contributed by atoms with E-state index in [2.05, 4.69) is 20.2 Å². The minimum atomic E-state index is -0.0672. The summed E-state index contributed by atoms with van der Waals surface area (Å²) in [4.78, 5) is 25.1. The molecule has 0 aliphatic rings. The fourth-order valence-electron chi connectivity index (χ4n) is 1.93. The predicted molar refractivity (Wildman–Crippen MR) is 85.8 cm³/mol. The fraction of sp³-hybridized carbons (Fsp3) is 0.667. The van der Waals surface area contributed by atoms with Crippen LogP contribution in [0.2, 0.25) is 0 Å². The second-order valence-corrected chi connectivity index (χ2v) is 5.78. The van der Waals surface area contributed by atoms with Gasteiger partial charge in [0.05, 0.1) is 11.9 Å². The molecule has 0 bridgehead atoms. The van der Waals surface area contributed by atoms with Crippen molar-refractivity contribution in [1.29, 1.82) is 0 Å². The van der Waals surface area contributed by atoms with Crippen LogP contribution in [0.3, 0.4) is 0 Å². The Morgan fingerprint density at radius 3 is 2.48 bits per heavy atom. The van der Waals surface area contributed by atoms with Gasteiger partial charge < -0.3 is 15.1 Å². The molecule has 0 spiro atoms. The third kappa shape index (κ3) is 4.97. The van der Waals surface area contributed by atoms with Gasteiger partial charge in [-0.15, -0.1) is 0 Å². The molecule has 6 nitrogen and oxygen atoms in total. The van der Waals surface area contributed by atoms with Gasteiger partial charge in [0, 0.05) is 26.6 Å².